The SMILES string of the molecule is N#Cc1cccc(-c2cc(-c3cccc4ccccc34)nc3c2cc(-c2cccc4ccccc24)c2ccccc23)c1. The first-order valence-corrected chi connectivity index (χ1v) is 14.1. The fourth-order valence-electron chi connectivity index (χ4n) is 6.32. The highest BCUT2D eigenvalue weighted by Crippen LogP contribution is 2.42. The molecule has 0 aliphatic heterocycles. The van der Waals surface area contributed by atoms with Crippen molar-refractivity contribution in [3.05, 3.63) is 151 Å². The van der Waals surface area contributed by atoms with E-state index in [0.29, 0.717) is 5.56 Å². The first-order valence-electron chi connectivity index (χ1n) is 14.1. The Morgan fingerprint density at radius 3 is 1.76 bits per heavy atom. The van der Waals surface area contributed by atoms with E-state index in [1.807, 2.05) is 18.2 Å². The average Bonchev–Trinajstić information content (AvgIpc) is 3.07. The number of benzene rings is 7. The van der Waals surface area contributed by atoms with Crippen LogP contribution in [0.4, 0.5) is 0 Å². The second-order valence-electron chi connectivity index (χ2n) is 10.7. The van der Waals surface area contributed by atoms with Gasteiger partial charge in [-0.1, -0.05) is 121 Å². The summed E-state index contributed by atoms with van der Waals surface area (Å²) in [6.07, 6.45) is 0. The van der Waals surface area contributed by atoms with Gasteiger partial charge in [0.25, 0.3) is 0 Å². The lowest BCUT2D eigenvalue weighted by atomic mass is 9.89. The van der Waals surface area contributed by atoms with Crippen molar-refractivity contribution in [1.29, 1.82) is 5.26 Å². The summed E-state index contributed by atoms with van der Waals surface area (Å²) in [7, 11) is 0. The molecule has 0 saturated heterocycles. The van der Waals surface area contributed by atoms with Gasteiger partial charge in [-0.25, -0.2) is 4.98 Å². The molecule has 0 unspecified atom stereocenters. The Hall–Kier alpha value is -5.78. The van der Waals surface area contributed by atoms with Crippen LogP contribution in [0, 0.1) is 11.3 Å². The molecular weight excluding hydrogens is 508 g/mol. The Labute approximate surface area is 243 Å². The minimum Gasteiger partial charge on any atom is -0.247 e. The topological polar surface area (TPSA) is 36.7 Å². The third-order valence-corrected chi connectivity index (χ3v) is 8.27. The third kappa shape index (κ3) is 3.84. The molecule has 0 bridgehead atoms. The number of nitrogens with zero attached hydrogens (tertiary/aromatic N) is 2. The molecule has 0 radical (unpaired) electrons. The highest BCUT2D eigenvalue weighted by atomic mass is 14.7. The van der Waals surface area contributed by atoms with Crippen molar-refractivity contribution in [2.75, 3.05) is 0 Å². The molecule has 0 amide bonds. The zero-order valence-electron chi connectivity index (χ0n) is 22.8. The van der Waals surface area contributed by atoms with E-state index in [2.05, 4.69) is 133 Å². The standard InChI is InChI=1S/C40H24N2/c41-25-26-10-7-15-29(22-26)36-24-39(34-21-9-14-28-12-2-4-17-31(28)34)42-40-35-19-6-5-18-33(35)37(23-38(36)40)32-20-8-13-27-11-1-3-16-30(27)32/h1-24H. The molecule has 7 aromatic carbocycles. The minimum atomic E-state index is 0.638. The molecule has 0 aliphatic carbocycles. The quantitative estimate of drug-likeness (QED) is 0.212. The highest BCUT2D eigenvalue weighted by Gasteiger charge is 2.18. The Bertz CT molecular complexity index is 2370. The van der Waals surface area contributed by atoms with E-state index < -0.39 is 0 Å². The van der Waals surface area contributed by atoms with Crippen molar-refractivity contribution in [3.63, 3.8) is 0 Å². The average molecular weight is 533 g/mol. The van der Waals surface area contributed by atoms with Crippen LogP contribution in [0.2, 0.25) is 0 Å². The first kappa shape index (κ1) is 24.1. The van der Waals surface area contributed by atoms with E-state index in [1.54, 1.807) is 0 Å². The number of hydrogen-bond donors (Lipinski definition) is 0. The van der Waals surface area contributed by atoms with Gasteiger partial charge in [-0.3, -0.25) is 0 Å². The van der Waals surface area contributed by atoms with Gasteiger partial charge in [0.1, 0.15) is 0 Å². The molecule has 0 atom stereocenters. The Morgan fingerprint density at radius 1 is 0.429 bits per heavy atom. The number of pyridine rings is 1. The van der Waals surface area contributed by atoms with E-state index >= 15 is 0 Å². The van der Waals surface area contributed by atoms with E-state index in [1.165, 1.54) is 38.1 Å². The van der Waals surface area contributed by atoms with Crippen LogP contribution < -0.4 is 0 Å². The summed E-state index contributed by atoms with van der Waals surface area (Å²) < 4.78 is 0. The van der Waals surface area contributed by atoms with Crippen LogP contribution in [0.5, 0.6) is 0 Å². The molecule has 8 rings (SSSR count). The molecule has 42 heavy (non-hydrogen) atoms. The molecular formula is C40H24N2. The van der Waals surface area contributed by atoms with Gasteiger partial charge in [-0.2, -0.15) is 5.26 Å². The number of hydrogen-bond acceptors (Lipinski definition) is 2. The maximum atomic E-state index is 9.75. The van der Waals surface area contributed by atoms with Gasteiger partial charge < -0.3 is 0 Å². The van der Waals surface area contributed by atoms with Crippen molar-refractivity contribution in [2.45, 2.75) is 0 Å². The second-order valence-corrected chi connectivity index (χ2v) is 10.7. The first-order chi connectivity index (χ1) is 20.8. The third-order valence-electron chi connectivity index (χ3n) is 8.27. The fourth-order valence-corrected chi connectivity index (χ4v) is 6.32. The number of fused-ring (bicyclic) bond motifs is 5. The molecule has 0 saturated carbocycles. The van der Waals surface area contributed by atoms with Crippen LogP contribution in [-0.4, -0.2) is 4.98 Å². The summed E-state index contributed by atoms with van der Waals surface area (Å²) in [6.45, 7) is 0. The van der Waals surface area contributed by atoms with Crippen molar-refractivity contribution in [1.82, 2.24) is 4.98 Å². The van der Waals surface area contributed by atoms with E-state index in [0.717, 1.165) is 38.7 Å². The molecule has 0 fully saturated rings. The van der Waals surface area contributed by atoms with Gasteiger partial charge in [0.15, 0.2) is 0 Å². The van der Waals surface area contributed by atoms with Crippen LogP contribution >= 0.6 is 0 Å². The van der Waals surface area contributed by atoms with Crippen molar-refractivity contribution < 1.29 is 0 Å². The highest BCUT2D eigenvalue weighted by molar-refractivity contribution is 6.18. The van der Waals surface area contributed by atoms with Crippen LogP contribution in [0.1, 0.15) is 5.56 Å². The smallest absolute Gasteiger partial charge is 0.0991 e. The van der Waals surface area contributed by atoms with Crippen molar-refractivity contribution in [2.24, 2.45) is 0 Å². The molecule has 1 aromatic heterocycles. The van der Waals surface area contributed by atoms with Crippen LogP contribution in [0.15, 0.2) is 146 Å². The van der Waals surface area contributed by atoms with Gasteiger partial charge in [0.05, 0.1) is 22.8 Å². The van der Waals surface area contributed by atoms with Crippen molar-refractivity contribution >= 4 is 43.2 Å². The summed E-state index contributed by atoms with van der Waals surface area (Å²) in [6, 6.07) is 53.2. The monoisotopic (exact) mass is 532 g/mol. The molecule has 8 aromatic rings. The van der Waals surface area contributed by atoms with E-state index in [9.17, 15) is 5.26 Å². The Balaban J connectivity index is 1.53. The Kier molecular flexibility index (Phi) is 5.55. The lowest BCUT2D eigenvalue weighted by Crippen LogP contribution is -1.94. The lowest BCUT2D eigenvalue weighted by molar-refractivity contribution is 1.42. The molecule has 2 nitrogen and oxygen atoms in total. The molecule has 0 aliphatic rings. The molecule has 0 N–H and O–H groups in total. The fraction of sp³-hybridized carbons (Fsp3) is 0. The molecule has 194 valence electrons. The predicted molar refractivity (Wildman–Crippen MR) is 175 cm³/mol. The molecule has 0 spiro atoms. The maximum Gasteiger partial charge on any atom is 0.0991 e. The van der Waals surface area contributed by atoms with Crippen LogP contribution in [0.3, 0.4) is 0 Å². The van der Waals surface area contributed by atoms with Crippen LogP contribution in [0.25, 0.3) is 76.7 Å². The normalized spacial score (nSPS) is 11.3. The lowest BCUT2D eigenvalue weighted by Gasteiger charge is -2.17. The zero-order chi connectivity index (χ0) is 28.0. The van der Waals surface area contributed by atoms with E-state index in [-0.39, 0.29) is 0 Å². The summed E-state index contributed by atoms with van der Waals surface area (Å²) in [5.41, 5.74) is 8.04. The maximum absolute atomic E-state index is 9.75. The summed E-state index contributed by atoms with van der Waals surface area (Å²) >= 11 is 0. The zero-order valence-corrected chi connectivity index (χ0v) is 22.8. The summed E-state index contributed by atoms with van der Waals surface area (Å²) in [5.74, 6) is 0. The Morgan fingerprint density at radius 2 is 1.02 bits per heavy atom. The van der Waals surface area contributed by atoms with Gasteiger partial charge in [0.2, 0.25) is 0 Å². The van der Waals surface area contributed by atoms with Gasteiger partial charge >= 0.3 is 0 Å². The predicted octanol–water partition coefficient (Wildman–Crippen LogP) is 10.6. The second kappa shape index (κ2) is 9.70. The van der Waals surface area contributed by atoms with E-state index in [4.69, 9.17) is 4.98 Å². The molecule has 2 heteroatoms. The number of nitriles is 1. The summed E-state index contributed by atoms with van der Waals surface area (Å²) in [5, 5.41) is 17.9. The number of rotatable bonds is 3. The molecule has 1 heterocycles. The summed E-state index contributed by atoms with van der Waals surface area (Å²) in [4.78, 5) is 5.38. The number of aromatic nitrogens is 1. The van der Waals surface area contributed by atoms with Crippen molar-refractivity contribution in [3.8, 4) is 39.6 Å². The van der Waals surface area contributed by atoms with Gasteiger partial charge in [-0.15, -0.1) is 0 Å². The van der Waals surface area contributed by atoms with Gasteiger partial charge in [0, 0.05) is 16.3 Å². The van der Waals surface area contributed by atoms with Crippen LogP contribution in [-0.2, 0) is 0 Å². The minimum absolute atomic E-state index is 0.638. The largest absolute Gasteiger partial charge is 0.247 e. The van der Waals surface area contributed by atoms with Gasteiger partial charge in [-0.05, 0) is 73.5 Å².